The van der Waals surface area contributed by atoms with Crippen LogP contribution in [-0.4, -0.2) is 98.3 Å². The Morgan fingerprint density at radius 1 is 0.882 bits per heavy atom. The Morgan fingerprint density at radius 3 is 2.24 bits per heavy atom. The molecule has 0 bridgehead atoms. The van der Waals surface area contributed by atoms with Gasteiger partial charge < -0.3 is 20.2 Å². The molecule has 0 saturated carbocycles. The Labute approximate surface area is 196 Å². The normalized spacial score (nSPS) is 24.0. The molecule has 3 fully saturated rings. The maximum Gasteiger partial charge on any atom is 0.335 e. The number of hydrogen-bond acceptors (Lipinski definition) is 6. The number of carboxylic acids is 2. The van der Waals surface area contributed by atoms with Crippen LogP contribution in [-0.2, 0) is 6.54 Å². The summed E-state index contributed by atoms with van der Waals surface area (Å²) in [6, 6.07) is 13.1. The largest absolute Gasteiger partial charge is 0.478 e. The number of aliphatic hydroxyl groups excluding tert-OH is 1. The molecule has 0 aromatic heterocycles. The number of nitrogens with zero attached hydrogens (tertiary/aromatic N) is 3. The Bertz CT molecular complexity index is 1140. The van der Waals surface area contributed by atoms with E-state index in [9.17, 15) is 29.7 Å². The standard InChI is InChI=1S/C25H27N3O6/c29-21-9-20-11-27(22(30)17-4-2-6-19(8-17)24(33)34)15-25(28(20)12-21)13-26(14-25)10-16-3-1-5-18(7-16)23(31)32/h1-8,20-21,29H,9-15H2,(H,31,32)(H,33,34)/t20-,21-/m1/s1. The van der Waals surface area contributed by atoms with E-state index in [1.165, 1.54) is 12.1 Å². The van der Waals surface area contributed by atoms with Gasteiger partial charge >= 0.3 is 11.9 Å². The fourth-order valence-corrected chi connectivity index (χ4v) is 5.77. The van der Waals surface area contributed by atoms with Crippen molar-refractivity contribution in [1.82, 2.24) is 14.7 Å². The first-order chi connectivity index (χ1) is 16.2. The van der Waals surface area contributed by atoms with Crippen LogP contribution in [0.2, 0.25) is 0 Å². The van der Waals surface area contributed by atoms with Gasteiger partial charge in [-0.3, -0.25) is 14.6 Å². The molecule has 3 saturated heterocycles. The van der Waals surface area contributed by atoms with Crippen molar-refractivity contribution in [3.63, 3.8) is 0 Å². The summed E-state index contributed by atoms with van der Waals surface area (Å²) in [5.41, 5.74) is 1.32. The molecule has 2 aromatic rings. The zero-order valence-corrected chi connectivity index (χ0v) is 18.6. The highest BCUT2D eigenvalue weighted by Crippen LogP contribution is 2.39. The number of carbonyl (C=O) groups is 3. The summed E-state index contributed by atoms with van der Waals surface area (Å²) in [6.07, 6.45) is 0.162. The number of amides is 1. The summed E-state index contributed by atoms with van der Waals surface area (Å²) in [6.45, 7) is 3.58. The number of carboxylic acid groups (broad SMARTS) is 2. The van der Waals surface area contributed by atoms with Crippen molar-refractivity contribution in [2.45, 2.75) is 30.7 Å². The van der Waals surface area contributed by atoms with Crippen LogP contribution in [0, 0.1) is 0 Å². The van der Waals surface area contributed by atoms with Gasteiger partial charge in [0.25, 0.3) is 5.91 Å². The molecule has 3 aliphatic rings. The lowest BCUT2D eigenvalue weighted by Crippen LogP contribution is -2.78. The SMILES string of the molecule is O=C(O)c1cccc(CN2CC3(C2)CN(C(=O)c2cccc(C(=O)O)c2)C[C@H]2C[C@@H](O)CN23)c1. The van der Waals surface area contributed by atoms with Gasteiger partial charge in [-0.05, 0) is 42.3 Å². The highest BCUT2D eigenvalue weighted by molar-refractivity contribution is 5.97. The van der Waals surface area contributed by atoms with Crippen molar-refractivity contribution >= 4 is 17.8 Å². The van der Waals surface area contributed by atoms with Crippen molar-refractivity contribution in [2.75, 3.05) is 32.7 Å². The van der Waals surface area contributed by atoms with Gasteiger partial charge in [-0.1, -0.05) is 18.2 Å². The number of β-amino-alcohol motifs (C(OH)–C–C–N with tert-alkyl or cyclic N) is 1. The third-order valence-corrected chi connectivity index (χ3v) is 7.18. The number of benzene rings is 2. The molecule has 1 spiro atoms. The van der Waals surface area contributed by atoms with Crippen LogP contribution < -0.4 is 0 Å². The van der Waals surface area contributed by atoms with E-state index in [4.69, 9.17) is 0 Å². The third kappa shape index (κ3) is 4.06. The first kappa shape index (κ1) is 22.5. The maximum absolute atomic E-state index is 13.3. The van der Waals surface area contributed by atoms with E-state index in [0.29, 0.717) is 51.3 Å². The van der Waals surface area contributed by atoms with Crippen molar-refractivity contribution in [2.24, 2.45) is 0 Å². The minimum Gasteiger partial charge on any atom is -0.478 e. The predicted octanol–water partition coefficient (Wildman–Crippen LogP) is 1.23. The van der Waals surface area contributed by atoms with Crippen LogP contribution in [0.3, 0.4) is 0 Å². The van der Waals surface area contributed by atoms with Gasteiger partial charge in [0.2, 0.25) is 0 Å². The number of carbonyl (C=O) groups excluding carboxylic acids is 1. The number of aliphatic hydroxyl groups is 1. The van der Waals surface area contributed by atoms with Gasteiger partial charge in [0.05, 0.1) is 22.8 Å². The molecule has 3 N–H and O–H groups in total. The number of piperazine rings is 1. The fraction of sp³-hybridized carbons (Fsp3) is 0.400. The Kier molecular flexibility index (Phi) is 5.63. The van der Waals surface area contributed by atoms with Gasteiger partial charge in [0.15, 0.2) is 0 Å². The molecule has 2 aromatic carbocycles. The van der Waals surface area contributed by atoms with E-state index in [1.807, 2.05) is 6.07 Å². The fourth-order valence-electron chi connectivity index (χ4n) is 5.77. The number of aromatic carboxylic acids is 2. The molecule has 0 unspecified atom stereocenters. The summed E-state index contributed by atoms with van der Waals surface area (Å²) in [5, 5.41) is 28.9. The lowest BCUT2D eigenvalue weighted by Gasteiger charge is -2.61. The predicted molar refractivity (Wildman–Crippen MR) is 122 cm³/mol. The highest BCUT2D eigenvalue weighted by Gasteiger charge is 2.56. The molecule has 9 heteroatoms. The van der Waals surface area contributed by atoms with Crippen LogP contribution >= 0.6 is 0 Å². The van der Waals surface area contributed by atoms with E-state index in [-0.39, 0.29) is 28.6 Å². The van der Waals surface area contributed by atoms with Crippen molar-refractivity contribution in [3.8, 4) is 0 Å². The molecule has 5 rings (SSSR count). The monoisotopic (exact) mass is 465 g/mol. The average molecular weight is 466 g/mol. The molecular weight excluding hydrogens is 438 g/mol. The Morgan fingerprint density at radius 2 is 1.53 bits per heavy atom. The summed E-state index contributed by atoms with van der Waals surface area (Å²) in [5.74, 6) is -2.23. The molecule has 34 heavy (non-hydrogen) atoms. The summed E-state index contributed by atoms with van der Waals surface area (Å²) in [7, 11) is 0. The molecular formula is C25H27N3O6. The van der Waals surface area contributed by atoms with Crippen LogP contribution in [0.4, 0.5) is 0 Å². The van der Waals surface area contributed by atoms with Crippen LogP contribution in [0.25, 0.3) is 0 Å². The van der Waals surface area contributed by atoms with E-state index >= 15 is 0 Å². The molecule has 3 heterocycles. The van der Waals surface area contributed by atoms with Gasteiger partial charge in [-0.15, -0.1) is 0 Å². The van der Waals surface area contributed by atoms with Gasteiger partial charge in [-0.25, -0.2) is 9.59 Å². The average Bonchev–Trinajstić information content (AvgIpc) is 3.18. The minimum atomic E-state index is -1.07. The second-order valence-corrected chi connectivity index (χ2v) is 9.64. The summed E-state index contributed by atoms with van der Waals surface area (Å²) in [4.78, 5) is 42.3. The van der Waals surface area contributed by atoms with E-state index < -0.39 is 18.0 Å². The zero-order chi connectivity index (χ0) is 24.0. The molecule has 3 aliphatic heterocycles. The lowest BCUT2D eigenvalue weighted by atomic mass is 9.83. The van der Waals surface area contributed by atoms with Gasteiger partial charge in [0.1, 0.15) is 0 Å². The second-order valence-electron chi connectivity index (χ2n) is 9.64. The molecule has 1 amide bonds. The Balaban J connectivity index is 1.33. The molecule has 0 aliphatic carbocycles. The number of hydrogen-bond donors (Lipinski definition) is 3. The summed E-state index contributed by atoms with van der Waals surface area (Å²) >= 11 is 0. The molecule has 178 valence electrons. The first-order valence-electron chi connectivity index (χ1n) is 11.4. The van der Waals surface area contributed by atoms with Gasteiger partial charge in [0, 0.05) is 50.9 Å². The van der Waals surface area contributed by atoms with E-state index in [2.05, 4.69) is 9.80 Å². The molecule has 2 atom stereocenters. The third-order valence-electron chi connectivity index (χ3n) is 7.18. The zero-order valence-electron chi connectivity index (χ0n) is 18.6. The lowest BCUT2D eigenvalue weighted by molar-refractivity contribution is -0.108. The minimum absolute atomic E-state index is 0.0489. The molecule has 9 nitrogen and oxygen atoms in total. The van der Waals surface area contributed by atoms with E-state index in [0.717, 1.165) is 5.56 Å². The quantitative estimate of drug-likeness (QED) is 0.603. The van der Waals surface area contributed by atoms with Crippen LogP contribution in [0.5, 0.6) is 0 Å². The maximum atomic E-state index is 13.3. The van der Waals surface area contributed by atoms with E-state index in [1.54, 1.807) is 35.2 Å². The number of likely N-dealkylation sites (tertiary alicyclic amines) is 1. The Hall–Kier alpha value is -3.27. The van der Waals surface area contributed by atoms with Gasteiger partial charge in [-0.2, -0.15) is 0 Å². The number of fused-ring (bicyclic) bond motifs is 2. The van der Waals surface area contributed by atoms with Crippen molar-refractivity contribution < 1.29 is 29.7 Å². The topological polar surface area (TPSA) is 122 Å². The van der Waals surface area contributed by atoms with Crippen LogP contribution in [0.15, 0.2) is 48.5 Å². The second kappa shape index (κ2) is 8.50. The highest BCUT2D eigenvalue weighted by atomic mass is 16.4. The summed E-state index contributed by atoms with van der Waals surface area (Å²) < 4.78 is 0. The molecule has 0 radical (unpaired) electrons. The van der Waals surface area contributed by atoms with Crippen LogP contribution in [0.1, 0.15) is 43.1 Å². The van der Waals surface area contributed by atoms with Crippen molar-refractivity contribution in [1.29, 1.82) is 0 Å². The number of rotatable bonds is 5. The first-order valence-corrected chi connectivity index (χ1v) is 11.4. The van der Waals surface area contributed by atoms with Crippen molar-refractivity contribution in [3.05, 3.63) is 70.8 Å². The smallest absolute Gasteiger partial charge is 0.335 e.